The number of aryl methyl sites for hydroxylation is 1. The molecule has 1 aromatic carbocycles. The van der Waals surface area contributed by atoms with Crippen LogP contribution in [-0.4, -0.2) is 31.6 Å². The van der Waals surface area contributed by atoms with Gasteiger partial charge in [-0.05, 0) is 58.1 Å². The lowest BCUT2D eigenvalue weighted by atomic mass is 10.1. The Balaban J connectivity index is 2.39. The van der Waals surface area contributed by atoms with Crippen LogP contribution in [0.15, 0.2) is 18.2 Å². The van der Waals surface area contributed by atoms with Crippen LogP contribution in [0, 0.1) is 6.92 Å². The van der Waals surface area contributed by atoms with E-state index in [1.54, 1.807) is 0 Å². The summed E-state index contributed by atoms with van der Waals surface area (Å²) >= 11 is 6.19. The van der Waals surface area contributed by atoms with Gasteiger partial charge in [-0.15, -0.1) is 0 Å². The van der Waals surface area contributed by atoms with E-state index < -0.39 is 0 Å². The summed E-state index contributed by atoms with van der Waals surface area (Å²) in [5.74, 6) is 0. The number of nitrogens with zero attached hydrogens (tertiary/aromatic N) is 1. The maximum atomic E-state index is 6.19. The van der Waals surface area contributed by atoms with Crippen molar-refractivity contribution in [1.82, 2.24) is 10.2 Å². The van der Waals surface area contributed by atoms with Gasteiger partial charge in [0.1, 0.15) is 0 Å². The second kappa shape index (κ2) is 7.00. The molecule has 0 bridgehead atoms. The summed E-state index contributed by atoms with van der Waals surface area (Å²) in [5, 5.41) is 4.36. The summed E-state index contributed by atoms with van der Waals surface area (Å²) in [6.07, 6.45) is 1.15. The predicted molar refractivity (Wildman–Crippen MR) is 75.7 cm³/mol. The van der Waals surface area contributed by atoms with Crippen LogP contribution in [0.3, 0.4) is 0 Å². The SMILES string of the molecule is Cc1ccc(CNC(C)CCN(C)C)c(Cl)c1. The van der Waals surface area contributed by atoms with Gasteiger partial charge in [0.15, 0.2) is 0 Å². The maximum Gasteiger partial charge on any atom is 0.0453 e. The third-order valence-corrected chi connectivity index (χ3v) is 3.21. The number of rotatable bonds is 6. The van der Waals surface area contributed by atoms with Crippen molar-refractivity contribution in [2.75, 3.05) is 20.6 Å². The largest absolute Gasteiger partial charge is 0.310 e. The Morgan fingerprint density at radius 3 is 2.65 bits per heavy atom. The Hall–Kier alpha value is -0.570. The van der Waals surface area contributed by atoms with E-state index in [1.165, 1.54) is 11.1 Å². The number of hydrogen-bond acceptors (Lipinski definition) is 2. The normalized spacial score (nSPS) is 13.1. The molecule has 2 nitrogen and oxygen atoms in total. The molecule has 0 aliphatic rings. The summed E-state index contributed by atoms with van der Waals surface area (Å²) < 4.78 is 0. The standard InChI is InChI=1S/C14H23ClN2/c1-11-5-6-13(14(15)9-11)10-16-12(2)7-8-17(3)4/h5-6,9,12,16H,7-8,10H2,1-4H3. The fourth-order valence-corrected chi connectivity index (χ4v) is 1.94. The first-order valence-corrected chi connectivity index (χ1v) is 6.50. The van der Waals surface area contributed by atoms with Crippen molar-refractivity contribution in [2.45, 2.75) is 32.9 Å². The average molecular weight is 255 g/mol. The second-order valence-corrected chi connectivity index (χ2v) is 5.38. The zero-order valence-corrected chi connectivity index (χ0v) is 12.0. The van der Waals surface area contributed by atoms with Crippen molar-refractivity contribution in [3.63, 3.8) is 0 Å². The molecule has 0 amide bonds. The van der Waals surface area contributed by atoms with Crippen molar-refractivity contribution in [3.05, 3.63) is 34.3 Å². The molecule has 96 valence electrons. The molecule has 0 heterocycles. The highest BCUT2D eigenvalue weighted by Gasteiger charge is 2.04. The van der Waals surface area contributed by atoms with E-state index in [-0.39, 0.29) is 0 Å². The van der Waals surface area contributed by atoms with Crippen LogP contribution in [0.1, 0.15) is 24.5 Å². The van der Waals surface area contributed by atoms with E-state index in [4.69, 9.17) is 11.6 Å². The minimum atomic E-state index is 0.509. The summed E-state index contributed by atoms with van der Waals surface area (Å²) in [5.41, 5.74) is 2.38. The van der Waals surface area contributed by atoms with Gasteiger partial charge in [0, 0.05) is 17.6 Å². The number of halogens is 1. The van der Waals surface area contributed by atoms with E-state index in [2.05, 4.69) is 50.3 Å². The van der Waals surface area contributed by atoms with Gasteiger partial charge < -0.3 is 10.2 Å². The molecule has 1 rings (SSSR count). The number of benzene rings is 1. The molecule has 0 radical (unpaired) electrons. The van der Waals surface area contributed by atoms with Gasteiger partial charge in [0.2, 0.25) is 0 Å². The van der Waals surface area contributed by atoms with Gasteiger partial charge in [-0.25, -0.2) is 0 Å². The molecule has 1 unspecified atom stereocenters. The fraction of sp³-hybridized carbons (Fsp3) is 0.571. The van der Waals surface area contributed by atoms with Gasteiger partial charge in [0.25, 0.3) is 0 Å². The van der Waals surface area contributed by atoms with Crippen molar-refractivity contribution < 1.29 is 0 Å². The first-order valence-electron chi connectivity index (χ1n) is 6.12. The Morgan fingerprint density at radius 2 is 2.06 bits per heavy atom. The van der Waals surface area contributed by atoms with E-state index >= 15 is 0 Å². The molecule has 0 spiro atoms. The molecule has 1 aromatic rings. The lowest BCUT2D eigenvalue weighted by Gasteiger charge is -2.17. The summed E-state index contributed by atoms with van der Waals surface area (Å²) in [6, 6.07) is 6.73. The van der Waals surface area contributed by atoms with Gasteiger partial charge in [-0.2, -0.15) is 0 Å². The van der Waals surface area contributed by atoms with Crippen LogP contribution < -0.4 is 5.32 Å². The van der Waals surface area contributed by atoms with Crippen LogP contribution in [0.4, 0.5) is 0 Å². The quantitative estimate of drug-likeness (QED) is 0.839. The van der Waals surface area contributed by atoms with Gasteiger partial charge in [-0.1, -0.05) is 23.7 Å². The molecule has 0 fully saturated rings. The Labute approximate surface area is 110 Å². The third-order valence-electron chi connectivity index (χ3n) is 2.86. The van der Waals surface area contributed by atoms with Crippen molar-refractivity contribution >= 4 is 11.6 Å². The molecule has 1 N–H and O–H groups in total. The summed E-state index contributed by atoms with van der Waals surface area (Å²) in [7, 11) is 4.20. The minimum Gasteiger partial charge on any atom is -0.310 e. The van der Waals surface area contributed by atoms with Crippen LogP contribution in [0.25, 0.3) is 0 Å². The third kappa shape index (κ3) is 5.53. The monoisotopic (exact) mass is 254 g/mol. The fourth-order valence-electron chi connectivity index (χ4n) is 1.63. The van der Waals surface area contributed by atoms with Gasteiger partial charge >= 0.3 is 0 Å². The van der Waals surface area contributed by atoms with Crippen molar-refractivity contribution in [3.8, 4) is 0 Å². The molecule has 0 saturated heterocycles. The highest BCUT2D eigenvalue weighted by Crippen LogP contribution is 2.17. The van der Waals surface area contributed by atoms with Crippen molar-refractivity contribution in [2.24, 2.45) is 0 Å². The topological polar surface area (TPSA) is 15.3 Å². The molecular formula is C14H23ClN2. The molecule has 0 aliphatic carbocycles. The van der Waals surface area contributed by atoms with E-state index in [9.17, 15) is 0 Å². The van der Waals surface area contributed by atoms with Crippen LogP contribution >= 0.6 is 11.6 Å². The molecule has 3 heteroatoms. The minimum absolute atomic E-state index is 0.509. The number of nitrogens with one attached hydrogen (secondary N) is 1. The van der Waals surface area contributed by atoms with E-state index in [1.807, 2.05) is 6.07 Å². The molecule has 0 aliphatic heterocycles. The Bertz CT molecular complexity index is 350. The predicted octanol–water partition coefficient (Wildman–Crippen LogP) is 3.08. The summed E-state index contributed by atoms with van der Waals surface area (Å²) in [4.78, 5) is 2.21. The number of hydrogen-bond donors (Lipinski definition) is 1. The highest BCUT2D eigenvalue weighted by atomic mass is 35.5. The Kier molecular flexibility index (Phi) is 5.96. The van der Waals surface area contributed by atoms with Crippen LogP contribution in [0.5, 0.6) is 0 Å². The molecule has 1 atom stereocenters. The molecular weight excluding hydrogens is 232 g/mol. The second-order valence-electron chi connectivity index (χ2n) is 4.97. The van der Waals surface area contributed by atoms with E-state index in [0.29, 0.717) is 6.04 Å². The zero-order chi connectivity index (χ0) is 12.8. The van der Waals surface area contributed by atoms with Gasteiger partial charge in [-0.3, -0.25) is 0 Å². The molecule has 0 saturated carbocycles. The van der Waals surface area contributed by atoms with Crippen molar-refractivity contribution in [1.29, 1.82) is 0 Å². The van der Waals surface area contributed by atoms with E-state index in [0.717, 1.165) is 24.5 Å². The highest BCUT2D eigenvalue weighted by molar-refractivity contribution is 6.31. The summed E-state index contributed by atoms with van der Waals surface area (Å²) in [6.45, 7) is 6.22. The molecule has 0 aromatic heterocycles. The lowest BCUT2D eigenvalue weighted by molar-refractivity contribution is 0.365. The smallest absolute Gasteiger partial charge is 0.0453 e. The molecule has 17 heavy (non-hydrogen) atoms. The zero-order valence-electron chi connectivity index (χ0n) is 11.3. The first kappa shape index (κ1) is 14.5. The lowest BCUT2D eigenvalue weighted by Crippen LogP contribution is -2.29. The Morgan fingerprint density at radius 1 is 1.35 bits per heavy atom. The average Bonchev–Trinajstić information content (AvgIpc) is 2.25. The van der Waals surface area contributed by atoms with Crippen LogP contribution in [0.2, 0.25) is 5.02 Å². The van der Waals surface area contributed by atoms with Gasteiger partial charge in [0.05, 0.1) is 0 Å². The first-order chi connectivity index (χ1) is 7.99. The van der Waals surface area contributed by atoms with Crippen LogP contribution in [-0.2, 0) is 6.54 Å². The maximum absolute atomic E-state index is 6.19.